The van der Waals surface area contributed by atoms with E-state index in [1.165, 1.54) is 24.8 Å². The minimum Gasteiger partial charge on any atom is -0.481 e. The molecule has 0 amide bonds. The highest BCUT2D eigenvalue weighted by molar-refractivity contribution is 8.13. The number of carboxylic acid groups (broad SMARTS) is 1. The van der Waals surface area contributed by atoms with Crippen molar-refractivity contribution in [2.45, 2.75) is 13.3 Å². The van der Waals surface area contributed by atoms with E-state index in [1.54, 1.807) is 12.1 Å². The second-order valence-corrected chi connectivity index (χ2v) is 5.42. The Balaban J connectivity index is 2.70. The average Bonchev–Trinajstić information content (AvgIpc) is 2.37. The van der Waals surface area contributed by atoms with Crippen LogP contribution in [-0.4, -0.2) is 28.6 Å². The number of ether oxygens (including phenoxy) is 1. The number of carboxylic acids is 1. The Morgan fingerprint density at radius 1 is 1.45 bits per heavy atom. The monoisotopic (exact) mass is 312 g/mol. The van der Waals surface area contributed by atoms with Gasteiger partial charge in [0, 0.05) is 30.2 Å². The van der Waals surface area contributed by atoms with Gasteiger partial charge in [-0.25, -0.2) is 4.79 Å². The van der Waals surface area contributed by atoms with Crippen molar-refractivity contribution in [3.8, 4) is 17.6 Å². The number of aliphatic carboxylic acids is 1. The summed E-state index contributed by atoms with van der Waals surface area (Å²) in [6, 6.07) is 4.85. The zero-order chi connectivity index (χ0) is 15.0. The van der Waals surface area contributed by atoms with Gasteiger partial charge < -0.3 is 9.84 Å². The van der Waals surface area contributed by atoms with Crippen molar-refractivity contribution in [2.24, 2.45) is 0 Å². The van der Waals surface area contributed by atoms with Gasteiger partial charge in [-0.2, -0.15) is 0 Å². The van der Waals surface area contributed by atoms with Crippen molar-refractivity contribution < 1.29 is 19.4 Å². The molecule has 1 aromatic carbocycles. The number of hydrogen-bond acceptors (Lipinski definition) is 4. The Hall–Kier alpha value is -1.64. The summed E-state index contributed by atoms with van der Waals surface area (Å²) in [5, 5.41) is 9.11. The normalized spacial score (nSPS) is 9.50. The third-order valence-electron chi connectivity index (χ3n) is 2.05. The summed E-state index contributed by atoms with van der Waals surface area (Å²) in [4.78, 5) is 21.2. The zero-order valence-corrected chi connectivity index (χ0v) is 12.4. The lowest BCUT2D eigenvalue weighted by Gasteiger charge is -2.06. The number of carbonyl (C=O) groups excluding carboxylic acids is 1. The van der Waals surface area contributed by atoms with Crippen molar-refractivity contribution in [1.82, 2.24) is 0 Å². The number of rotatable bonds is 5. The number of hydrogen-bond donors (Lipinski definition) is 1. The van der Waals surface area contributed by atoms with E-state index >= 15 is 0 Å². The number of carbonyl (C=O) groups is 2. The fourth-order valence-corrected chi connectivity index (χ4v) is 1.92. The second kappa shape index (κ2) is 8.51. The molecular formula is C14H13ClO4S. The molecule has 0 saturated heterocycles. The van der Waals surface area contributed by atoms with Gasteiger partial charge in [0.1, 0.15) is 5.75 Å². The molecule has 0 aromatic heterocycles. The van der Waals surface area contributed by atoms with E-state index in [1.807, 2.05) is 0 Å². The molecule has 0 spiro atoms. The highest BCUT2D eigenvalue weighted by Crippen LogP contribution is 2.22. The molecule has 0 aliphatic carbocycles. The Morgan fingerprint density at radius 2 is 2.20 bits per heavy atom. The quantitative estimate of drug-likeness (QED) is 0.669. The summed E-state index contributed by atoms with van der Waals surface area (Å²) < 4.78 is 5.13. The van der Waals surface area contributed by atoms with Crippen LogP contribution in [0.25, 0.3) is 0 Å². The highest BCUT2D eigenvalue weighted by atomic mass is 35.5. The van der Waals surface area contributed by atoms with Crippen molar-refractivity contribution in [2.75, 3.05) is 12.4 Å². The van der Waals surface area contributed by atoms with Gasteiger partial charge in [-0.1, -0.05) is 35.2 Å². The molecule has 0 aliphatic heterocycles. The standard InChI is InChI=1S/C14H13ClO4S/c1-10(16)20-7-3-2-4-11-5-6-12(15)8-13(11)19-9-14(17)18/h5-6,8H,3,7,9H2,1H3,(H,17,18). The van der Waals surface area contributed by atoms with Crippen LogP contribution in [0.2, 0.25) is 5.02 Å². The Morgan fingerprint density at radius 3 is 2.85 bits per heavy atom. The SMILES string of the molecule is CC(=O)SCCC#Cc1ccc(Cl)cc1OCC(=O)O. The van der Waals surface area contributed by atoms with Crippen LogP contribution in [0.3, 0.4) is 0 Å². The third kappa shape index (κ3) is 6.50. The first kappa shape index (κ1) is 16.4. The van der Waals surface area contributed by atoms with Crippen LogP contribution in [0, 0.1) is 11.8 Å². The Bertz CT molecular complexity index is 560. The lowest BCUT2D eigenvalue weighted by molar-refractivity contribution is -0.139. The number of thioether (sulfide) groups is 1. The summed E-state index contributed by atoms with van der Waals surface area (Å²) in [6.07, 6.45) is 0.561. The number of halogens is 1. The van der Waals surface area contributed by atoms with Crippen LogP contribution in [0.15, 0.2) is 18.2 Å². The van der Waals surface area contributed by atoms with Gasteiger partial charge in [-0.3, -0.25) is 4.79 Å². The molecule has 4 nitrogen and oxygen atoms in total. The zero-order valence-electron chi connectivity index (χ0n) is 10.8. The van der Waals surface area contributed by atoms with Crippen molar-refractivity contribution in [3.05, 3.63) is 28.8 Å². The van der Waals surface area contributed by atoms with E-state index in [4.69, 9.17) is 21.4 Å². The minimum atomic E-state index is -1.07. The first-order valence-electron chi connectivity index (χ1n) is 5.75. The molecule has 1 aromatic rings. The van der Waals surface area contributed by atoms with Gasteiger partial charge in [-0.05, 0) is 12.1 Å². The maximum absolute atomic E-state index is 10.7. The van der Waals surface area contributed by atoms with E-state index in [0.717, 1.165) is 0 Å². The van der Waals surface area contributed by atoms with Crippen LogP contribution >= 0.6 is 23.4 Å². The first-order valence-corrected chi connectivity index (χ1v) is 7.12. The van der Waals surface area contributed by atoms with Gasteiger partial charge in [0.2, 0.25) is 0 Å². The maximum Gasteiger partial charge on any atom is 0.341 e. The third-order valence-corrected chi connectivity index (χ3v) is 3.10. The molecule has 1 N–H and O–H groups in total. The van der Waals surface area contributed by atoms with Crippen molar-refractivity contribution in [1.29, 1.82) is 0 Å². The molecule has 0 heterocycles. The van der Waals surface area contributed by atoms with Gasteiger partial charge in [0.05, 0.1) is 5.56 Å². The van der Waals surface area contributed by atoms with Crippen molar-refractivity contribution in [3.63, 3.8) is 0 Å². The predicted octanol–water partition coefficient (Wildman–Crippen LogP) is 2.82. The summed E-state index contributed by atoms with van der Waals surface area (Å²) in [5.74, 6) is 5.70. The van der Waals surface area contributed by atoms with E-state index in [-0.39, 0.29) is 5.12 Å². The second-order valence-electron chi connectivity index (χ2n) is 3.71. The lowest BCUT2D eigenvalue weighted by atomic mass is 10.2. The van der Waals surface area contributed by atoms with Gasteiger partial charge in [-0.15, -0.1) is 0 Å². The summed E-state index contributed by atoms with van der Waals surface area (Å²) >= 11 is 7.05. The molecule has 0 unspecified atom stereocenters. The smallest absolute Gasteiger partial charge is 0.341 e. The molecule has 0 atom stereocenters. The number of benzene rings is 1. The molecule has 0 bridgehead atoms. The van der Waals surface area contributed by atoms with Crippen LogP contribution < -0.4 is 4.74 Å². The van der Waals surface area contributed by atoms with Crippen LogP contribution in [0.5, 0.6) is 5.75 Å². The molecule has 0 radical (unpaired) electrons. The Kier molecular flexibility index (Phi) is 6.99. The van der Waals surface area contributed by atoms with Crippen molar-refractivity contribution >= 4 is 34.4 Å². The van der Waals surface area contributed by atoms with E-state index < -0.39 is 12.6 Å². The van der Waals surface area contributed by atoms with Crippen LogP contribution in [0.4, 0.5) is 0 Å². The predicted molar refractivity (Wildman–Crippen MR) is 79.2 cm³/mol. The molecule has 6 heteroatoms. The van der Waals surface area contributed by atoms with Crippen LogP contribution in [-0.2, 0) is 9.59 Å². The highest BCUT2D eigenvalue weighted by Gasteiger charge is 2.05. The molecule has 106 valence electrons. The average molecular weight is 313 g/mol. The lowest BCUT2D eigenvalue weighted by Crippen LogP contribution is -2.10. The van der Waals surface area contributed by atoms with Gasteiger partial charge in [0.25, 0.3) is 0 Å². The molecule has 0 aliphatic rings. The molecule has 1 rings (SSSR count). The summed E-state index contributed by atoms with van der Waals surface area (Å²) in [5.41, 5.74) is 0.573. The molecular weight excluding hydrogens is 300 g/mol. The maximum atomic E-state index is 10.7. The molecule has 20 heavy (non-hydrogen) atoms. The van der Waals surface area contributed by atoms with E-state index in [9.17, 15) is 9.59 Å². The summed E-state index contributed by atoms with van der Waals surface area (Å²) in [7, 11) is 0. The largest absolute Gasteiger partial charge is 0.481 e. The Labute approximate surface area is 126 Å². The van der Waals surface area contributed by atoms with Gasteiger partial charge in [0.15, 0.2) is 11.7 Å². The fourth-order valence-electron chi connectivity index (χ4n) is 1.26. The minimum absolute atomic E-state index is 0.0590. The molecule has 0 fully saturated rings. The summed E-state index contributed by atoms with van der Waals surface area (Å²) in [6.45, 7) is 1.06. The van der Waals surface area contributed by atoms with E-state index in [0.29, 0.717) is 28.5 Å². The topological polar surface area (TPSA) is 63.6 Å². The van der Waals surface area contributed by atoms with Gasteiger partial charge >= 0.3 is 5.97 Å². The van der Waals surface area contributed by atoms with E-state index in [2.05, 4.69) is 11.8 Å². The first-order chi connectivity index (χ1) is 9.49. The fraction of sp³-hybridized carbons (Fsp3) is 0.286. The molecule has 0 saturated carbocycles. The van der Waals surface area contributed by atoms with Crippen LogP contribution in [0.1, 0.15) is 18.9 Å².